The Balaban J connectivity index is 1.14. The van der Waals surface area contributed by atoms with Gasteiger partial charge >= 0.3 is 6.18 Å². The molecule has 0 radical (unpaired) electrons. The van der Waals surface area contributed by atoms with E-state index in [9.17, 15) is 18.0 Å². The third kappa shape index (κ3) is 4.98. The molecule has 2 aromatic rings. The Kier molecular flexibility index (Phi) is 6.37. The number of hydrogen-bond acceptors (Lipinski definition) is 6. The second kappa shape index (κ2) is 9.44. The van der Waals surface area contributed by atoms with E-state index in [1.807, 2.05) is 23.1 Å². The maximum absolute atomic E-state index is 13.1. The number of carbonyl (C=O) groups is 1. The normalized spacial score (nSPS) is 21.6. The average Bonchev–Trinajstić information content (AvgIpc) is 3.28. The van der Waals surface area contributed by atoms with Gasteiger partial charge in [0.15, 0.2) is 6.29 Å². The fraction of sp³-hybridized carbons (Fsp3) is 0.458. The first kappa shape index (κ1) is 22.9. The highest BCUT2D eigenvalue weighted by Crippen LogP contribution is 2.32. The van der Waals surface area contributed by atoms with Gasteiger partial charge in [0.1, 0.15) is 0 Å². The van der Waals surface area contributed by atoms with E-state index in [0.29, 0.717) is 38.3 Å². The van der Waals surface area contributed by atoms with E-state index in [1.54, 1.807) is 0 Å². The fourth-order valence-corrected chi connectivity index (χ4v) is 4.73. The summed E-state index contributed by atoms with van der Waals surface area (Å²) in [5, 5.41) is 10.3. The van der Waals surface area contributed by atoms with Gasteiger partial charge in [-0.2, -0.15) is 13.2 Å². The zero-order valence-electron chi connectivity index (χ0n) is 18.9. The number of amides is 1. The van der Waals surface area contributed by atoms with Crippen molar-refractivity contribution in [3.63, 3.8) is 0 Å². The summed E-state index contributed by atoms with van der Waals surface area (Å²) in [6, 6.07) is 11.0. The first-order valence-electron chi connectivity index (χ1n) is 11.7. The highest BCUT2D eigenvalue weighted by atomic mass is 19.4. The molecule has 182 valence electrons. The molecule has 0 bridgehead atoms. The molecule has 2 saturated heterocycles. The summed E-state index contributed by atoms with van der Waals surface area (Å²) in [7, 11) is 0. The van der Waals surface area contributed by atoms with E-state index < -0.39 is 11.7 Å². The van der Waals surface area contributed by atoms with Crippen LogP contribution in [0.2, 0.25) is 0 Å². The predicted octanol–water partition coefficient (Wildman–Crippen LogP) is 2.69. The van der Waals surface area contributed by atoms with Gasteiger partial charge in [0.2, 0.25) is 0 Å². The van der Waals surface area contributed by atoms with Crippen LogP contribution in [0.1, 0.15) is 21.5 Å². The molecule has 7 nitrogen and oxygen atoms in total. The van der Waals surface area contributed by atoms with Gasteiger partial charge in [-0.3, -0.25) is 14.6 Å². The van der Waals surface area contributed by atoms with E-state index in [-0.39, 0.29) is 12.2 Å². The first-order valence-corrected chi connectivity index (χ1v) is 11.7. The molecule has 3 heterocycles. The SMILES string of the molecule is O=C(c1ccc2c(c1)NC(N1CCNCC1)N2)N1CCN(Cc2ccc(C(F)(F)F)cc2)CC1. The summed E-state index contributed by atoms with van der Waals surface area (Å²) < 4.78 is 38.3. The lowest BCUT2D eigenvalue weighted by atomic mass is 10.1. The van der Waals surface area contributed by atoms with Gasteiger partial charge < -0.3 is 20.9 Å². The van der Waals surface area contributed by atoms with Gasteiger partial charge in [-0.1, -0.05) is 12.1 Å². The topological polar surface area (TPSA) is 62.9 Å². The van der Waals surface area contributed by atoms with E-state index in [4.69, 9.17) is 0 Å². The summed E-state index contributed by atoms with van der Waals surface area (Å²) in [4.78, 5) is 19.5. The van der Waals surface area contributed by atoms with E-state index in [2.05, 4.69) is 25.8 Å². The summed E-state index contributed by atoms with van der Waals surface area (Å²) in [6.07, 6.45) is -4.28. The lowest BCUT2D eigenvalue weighted by Crippen LogP contribution is -2.52. The van der Waals surface area contributed by atoms with Crippen molar-refractivity contribution in [3.8, 4) is 0 Å². The van der Waals surface area contributed by atoms with Crippen LogP contribution >= 0.6 is 0 Å². The molecular weight excluding hydrogens is 445 g/mol. The molecule has 2 aromatic carbocycles. The quantitative estimate of drug-likeness (QED) is 0.634. The van der Waals surface area contributed by atoms with Gasteiger partial charge in [0.25, 0.3) is 5.91 Å². The number of rotatable bonds is 4. The second-order valence-electron chi connectivity index (χ2n) is 9.00. The summed E-state index contributed by atoms with van der Waals surface area (Å²) in [5.74, 6) is 0.00408. The third-order valence-electron chi connectivity index (χ3n) is 6.71. The van der Waals surface area contributed by atoms with Crippen molar-refractivity contribution in [2.24, 2.45) is 0 Å². The minimum Gasteiger partial charge on any atom is -0.351 e. The Morgan fingerprint density at radius 3 is 2.24 bits per heavy atom. The average molecular weight is 475 g/mol. The molecular formula is C24H29F3N6O. The smallest absolute Gasteiger partial charge is 0.351 e. The van der Waals surface area contributed by atoms with Crippen molar-refractivity contribution >= 4 is 17.3 Å². The highest BCUT2D eigenvalue weighted by Gasteiger charge is 2.31. The lowest BCUT2D eigenvalue weighted by Gasteiger charge is -2.35. The molecule has 0 saturated carbocycles. The fourth-order valence-electron chi connectivity index (χ4n) is 4.73. The molecule has 1 atom stereocenters. The van der Waals surface area contributed by atoms with Crippen LogP contribution in [0.3, 0.4) is 0 Å². The number of carbonyl (C=O) groups excluding carboxylic acids is 1. The Morgan fingerprint density at radius 1 is 0.882 bits per heavy atom. The van der Waals surface area contributed by atoms with E-state index in [0.717, 1.165) is 55.2 Å². The van der Waals surface area contributed by atoms with Gasteiger partial charge in [0.05, 0.1) is 16.9 Å². The molecule has 1 unspecified atom stereocenters. The van der Waals surface area contributed by atoms with Crippen molar-refractivity contribution in [1.82, 2.24) is 20.0 Å². The van der Waals surface area contributed by atoms with Crippen molar-refractivity contribution in [2.75, 3.05) is 63.0 Å². The van der Waals surface area contributed by atoms with Crippen LogP contribution in [0.25, 0.3) is 0 Å². The number of halogens is 3. The molecule has 3 aliphatic heterocycles. The molecule has 0 spiro atoms. The largest absolute Gasteiger partial charge is 0.416 e. The van der Waals surface area contributed by atoms with Crippen LogP contribution in [0.5, 0.6) is 0 Å². The Hall–Kier alpha value is -2.82. The van der Waals surface area contributed by atoms with Crippen LogP contribution in [0.15, 0.2) is 42.5 Å². The molecule has 5 rings (SSSR count). The highest BCUT2D eigenvalue weighted by molar-refractivity contribution is 5.97. The maximum atomic E-state index is 13.1. The van der Waals surface area contributed by atoms with Crippen molar-refractivity contribution in [1.29, 1.82) is 0 Å². The van der Waals surface area contributed by atoms with E-state index >= 15 is 0 Å². The summed E-state index contributed by atoms with van der Waals surface area (Å²) >= 11 is 0. The predicted molar refractivity (Wildman–Crippen MR) is 125 cm³/mol. The number of piperazine rings is 2. The van der Waals surface area contributed by atoms with Crippen molar-refractivity contribution < 1.29 is 18.0 Å². The second-order valence-corrected chi connectivity index (χ2v) is 9.00. The molecule has 34 heavy (non-hydrogen) atoms. The summed E-state index contributed by atoms with van der Waals surface area (Å²) in [5.41, 5.74) is 2.80. The summed E-state index contributed by atoms with van der Waals surface area (Å²) in [6.45, 7) is 6.96. The Bertz CT molecular complexity index is 1010. The Morgan fingerprint density at radius 2 is 1.56 bits per heavy atom. The zero-order chi connectivity index (χ0) is 23.7. The molecule has 0 aromatic heterocycles. The van der Waals surface area contributed by atoms with Gasteiger partial charge in [0, 0.05) is 64.5 Å². The standard InChI is InChI=1S/C24H29F3N6O/c25-24(26,27)19-4-1-17(2-5-19)16-31-11-13-32(14-12-31)22(34)18-3-6-20-21(15-18)30-23(29-20)33-9-7-28-8-10-33/h1-6,15,23,28-30H,7-14,16H2. The van der Waals surface area contributed by atoms with Crippen LogP contribution in [-0.4, -0.2) is 79.3 Å². The maximum Gasteiger partial charge on any atom is 0.416 e. The van der Waals surface area contributed by atoms with Gasteiger partial charge in [-0.25, -0.2) is 0 Å². The molecule has 1 amide bonds. The zero-order valence-corrected chi connectivity index (χ0v) is 18.9. The Labute approximate surface area is 196 Å². The molecule has 0 aliphatic carbocycles. The van der Waals surface area contributed by atoms with Gasteiger partial charge in [-0.05, 0) is 35.9 Å². The number of nitrogens with zero attached hydrogens (tertiary/aromatic N) is 3. The molecule has 3 N–H and O–H groups in total. The minimum atomic E-state index is -4.32. The minimum absolute atomic E-state index is 0.00408. The number of benzene rings is 2. The number of nitrogens with one attached hydrogen (secondary N) is 3. The number of anilines is 2. The van der Waals surface area contributed by atoms with Crippen LogP contribution < -0.4 is 16.0 Å². The van der Waals surface area contributed by atoms with Gasteiger partial charge in [-0.15, -0.1) is 0 Å². The van der Waals surface area contributed by atoms with Crippen LogP contribution in [0, 0.1) is 0 Å². The number of alkyl halides is 3. The first-order chi connectivity index (χ1) is 16.4. The third-order valence-corrected chi connectivity index (χ3v) is 6.71. The lowest BCUT2D eigenvalue weighted by molar-refractivity contribution is -0.137. The van der Waals surface area contributed by atoms with E-state index in [1.165, 1.54) is 12.1 Å². The molecule has 10 heteroatoms. The molecule has 3 aliphatic rings. The molecule has 2 fully saturated rings. The monoisotopic (exact) mass is 474 g/mol. The van der Waals surface area contributed by atoms with Crippen LogP contribution in [-0.2, 0) is 12.7 Å². The van der Waals surface area contributed by atoms with Crippen molar-refractivity contribution in [3.05, 3.63) is 59.2 Å². The number of fused-ring (bicyclic) bond motifs is 1. The van der Waals surface area contributed by atoms with Crippen LogP contribution in [0.4, 0.5) is 24.5 Å². The van der Waals surface area contributed by atoms with Crippen molar-refractivity contribution in [2.45, 2.75) is 19.0 Å². The number of hydrogen-bond donors (Lipinski definition) is 3.